The zero-order valence-corrected chi connectivity index (χ0v) is 16.8. The SMILES string of the molecule is COc1cccc(OC)c1C(=O)OCC(=O)c1ccc(N(C)S(C)(=O)=O)cc1. The summed E-state index contributed by atoms with van der Waals surface area (Å²) in [6.07, 6.45) is 1.08. The zero-order valence-electron chi connectivity index (χ0n) is 16.0. The predicted molar refractivity (Wildman–Crippen MR) is 104 cm³/mol. The van der Waals surface area contributed by atoms with E-state index in [1.807, 2.05) is 0 Å². The lowest BCUT2D eigenvalue weighted by molar-refractivity contribution is 0.0468. The largest absolute Gasteiger partial charge is 0.496 e. The second-order valence-electron chi connectivity index (χ2n) is 5.81. The van der Waals surface area contributed by atoms with Gasteiger partial charge in [0.2, 0.25) is 10.0 Å². The Balaban J connectivity index is 2.10. The molecule has 0 aliphatic rings. The summed E-state index contributed by atoms with van der Waals surface area (Å²) in [6, 6.07) is 10.8. The Morgan fingerprint density at radius 2 is 1.50 bits per heavy atom. The summed E-state index contributed by atoms with van der Waals surface area (Å²) in [6.45, 7) is -0.485. The highest BCUT2D eigenvalue weighted by Gasteiger charge is 2.21. The smallest absolute Gasteiger partial charge is 0.346 e. The van der Waals surface area contributed by atoms with Gasteiger partial charge in [-0.15, -0.1) is 0 Å². The number of esters is 1. The van der Waals surface area contributed by atoms with Gasteiger partial charge in [0, 0.05) is 12.6 Å². The van der Waals surface area contributed by atoms with Crippen LogP contribution in [0.4, 0.5) is 5.69 Å². The summed E-state index contributed by atoms with van der Waals surface area (Å²) in [5.74, 6) is -0.651. The fourth-order valence-corrected chi connectivity index (χ4v) is 2.89. The number of hydrogen-bond donors (Lipinski definition) is 0. The highest BCUT2D eigenvalue weighted by Crippen LogP contribution is 2.29. The Morgan fingerprint density at radius 1 is 0.964 bits per heavy atom. The molecule has 0 N–H and O–H groups in total. The summed E-state index contributed by atoms with van der Waals surface area (Å²) >= 11 is 0. The van der Waals surface area contributed by atoms with E-state index in [1.165, 1.54) is 45.5 Å². The molecule has 0 aromatic heterocycles. The van der Waals surface area contributed by atoms with Crippen molar-refractivity contribution in [1.29, 1.82) is 0 Å². The molecular weight excluding hydrogens is 386 g/mol. The van der Waals surface area contributed by atoms with Gasteiger partial charge < -0.3 is 14.2 Å². The number of nitrogens with zero attached hydrogens (tertiary/aromatic N) is 1. The number of methoxy groups -OCH3 is 2. The van der Waals surface area contributed by atoms with Crippen LogP contribution in [-0.4, -0.2) is 54.3 Å². The van der Waals surface area contributed by atoms with Gasteiger partial charge in [-0.1, -0.05) is 6.07 Å². The third-order valence-corrected chi connectivity index (χ3v) is 5.22. The molecule has 28 heavy (non-hydrogen) atoms. The summed E-state index contributed by atoms with van der Waals surface area (Å²) in [5.41, 5.74) is 0.783. The number of rotatable bonds is 8. The number of benzene rings is 2. The molecule has 0 saturated carbocycles. The zero-order chi connectivity index (χ0) is 20.9. The molecule has 0 unspecified atom stereocenters. The van der Waals surface area contributed by atoms with Gasteiger partial charge in [-0.05, 0) is 36.4 Å². The van der Waals surface area contributed by atoms with E-state index < -0.39 is 28.4 Å². The van der Waals surface area contributed by atoms with Crippen molar-refractivity contribution in [2.24, 2.45) is 0 Å². The number of hydrogen-bond acceptors (Lipinski definition) is 7. The van der Waals surface area contributed by atoms with Crippen LogP contribution in [0.3, 0.4) is 0 Å². The van der Waals surface area contributed by atoms with E-state index in [4.69, 9.17) is 14.2 Å². The standard InChI is InChI=1S/C19H21NO7S/c1-20(28(4,23)24)14-10-8-13(9-11-14)15(21)12-27-19(22)18-16(25-2)6-5-7-17(18)26-3/h5-11H,12H2,1-4H3. The first-order valence-electron chi connectivity index (χ1n) is 8.14. The van der Waals surface area contributed by atoms with Crippen molar-refractivity contribution < 1.29 is 32.2 Å². The highest BCUT2D eigenvalue weighted by molar-refractivity contribution is 7.92. The van der Waals surface area contributed by atoms with Crippen LogP contribution < -0.4 is 13.8 Å². The average molecular weight is 407 g/mol. The number of Topliss-reactive ketones (excluding diaryl/α,β-unsaturated/α-hetero) is 1. The first-order valence-corrected chi connectivity index (χ1v) is 9.99. The van der Waals surface area contributed by atoms with Gasteiger partial charge in [-0.2, -0.15) is 0 Å². The Morgan fingerprint density at radius 3 is 1.96 bits per heavy atom. The van der Waals surface area contributed by atoms with E-state index in [-0.39, 0.29) is 22.6 Å². The van der Waals surface area contributed by atoms with E-state index >= 15 is 0 Å². The Labute approximate surface area is 163 Å². The lowest BCUT2D eigenvalue weighted by Gasteiger charge is -2.16. The number of ether oxygens (including phenoxy) is 3. The molecule has 2 aromatic carbocycles. The molecule has 0 amide bonds. The van der Waals surface area contributed by atoms with E-state index in [9.17, 15) is 18.0 Å². The molecule has 2 rings (SSSR count). The van der Waals surface area contributed by atoms with Crippen LogP contribution >= 0.6 is 0 Å². The molecule has 0 spiro atoms. The molecule has 0 aliphatic heterocycles. The molecule has 0 bridgehead atoms. The van der Waals surface area contributed by atoms with Crippen LogP contribution in [0, 0.1) is 0 Å². The molecular formula is C19H21NO7S. The van der Waals surface area contributed by atoms with Crippen LogP contribution in [0.2, 0.25) is 0 Å². The van der Waals surface area contributed by atoms with Gasteiger partial charge in [-0.3, -0.25) is 9.10 Å². The molecule has 0 radical (unpaired) electrons. The molecule has 8 nitrogen and oxygen atoms in total. The number of carbonyl (C=O) groups is 2. The first kappa shape index (κ1) is 21.2. The molecule has 0 aliphatic carbocycles. The van der Waals surface area contributed by atoms with Crippen LogP contribution in [-0.2, 0) is 14.8 Å². The van der Waals surface area contributed by atoms with Crippen LogP contribution in [0.25, 0.3) is 0 Å². The minimum atomic E-state index is -3.40. The van der Waals surface area contributed by atoms with Gasteiger partial charge in [0.25, 0.3) is 0 Å². The lowest BCUT2D eigenvalue weighted by Crippen LogP contribution is -2.24. The van der Waals surface area contributed by atoms with E-state index in [2.05, 4.69) is 0 Å². The molecule has 0 saturated heterocycles. The van der Waals surface area contributed by atoms with E-state index in [0.717, 1.165) is 10.6 Å². The number of carbonyl (C=O) groups excluding carboxylic acids is 2. The molecule has 150 valence electrons. The minimum Gasteiger partial charge on any atom is -0.496 e. The van der Waals surface area contributed by atoms with Crippen molar-refractivity contribution in [3.8, 4) is 11.5 Å². The van der Waals surface area contributed by atoms with Gasteiger partial charge in [0.1, 0.15) is 17.1 Å². The normalized spacial score (nSPS) is 10.9. The fraction of sp³-hybridized carbons (Fsp3) is 0.263. The summed E-state index contributed by atoms with van der Waals surface area (Å²) in [5, 5.41) is 0. The lowest BCUT2D eigenvalue weighted by atomic mass is 10.1. The maximum Gasteiger partial charge on any atom is 0.346 e. The maximum absolute atomic E-state index is 12.4. The molecule has 0 fully saturated rings. The van der Waals surface area contributed by atoms with Crippen molar-refractivity contribution in [1.82, 2.24) is 0 Å². The second-order valence-corrected chi connectivity index (χ2v) is 7.83. The number of anilines is 1. The van der Waals surface area contributed by atoms with Gasteiger partial charge >= 0.3 is 5.97 Å². The molecule has 0 atom stereocenters. The molecule has 0 heterocycles. The Bertz CT molecular complexity index is 946. The van der Waals surface area contributed by atoms with Crippen LogP contribution in [0.5, 0.6) is 11.5 Å². The van der Waals surface area contributed by atoms with Crippen molar-refractivity contribution in [2.75, 3.05) is 38.4 Å². The first-order chi connectivity index (χ1) is 13.2. The predicted octanol–water partition coefficient (Wildman–Crippen LogP) is 2.14. The monoisotopic (exact) mass is 407 g/mol. The average Bonchev–Trinajstić information content (AvgIpc) is 2.69. The van der Waals surface area contributed by atoms with Crippen LogP contribution in [0.1, 0.15) is 20.7 Å². The third kappa shape index (κ3) is 4.80. The van der Waals surface area contributed by atoms with E-state index in [1.54, 1.807) is 18.2 Å². The van der Waals surface area contributed by atoms with Gasteiger partial charge in [0.05, 0.1) is 26.2 Å². The van der Waals surface area contributed by atoms with Crippen molar-refractivity contribution >= 4 is 27.5 Å². The van der Waals surface area contributed by atoms with Crippen LogP contribution in [0.15, 0.2) is 42.5 Å². The molecule has 2 aromatic rings. The highest BCUT2D eigenvalue weighted by atomic mass is 32.2. The number of sulfonamides is 1. The number of ketones is 1. The quantitative estimate of drug-likeness (QED) is 0.488. The summed E-state index contributed by atoms with van der Waals surface area (Å²) < 4.78 is 39.6. The van der Waals surface area contributed by atoms with Gasteiger partial charge in [0.15, 0.2) is 12.4 Å². The topological polar surface area (TPSA) is 99.2 Å². The van der Waals surface area contributed by atoms with Gasteiger partial charge in [-0.25, -0.2) is 13.2 Å². The van der Waals surface area contributed by atoms with Crippen molar-refractivity contribution in [3.63, 3.8) is 0 Å². The minimum absolute atomic E-state index is 0.0884. The van der Waals surface area contributed by atoms with E-state index in [0.29, 0.717) is 5.69 Å². The van der Waals surface area contributed by atoms with Crippen molar-refractivity contribution in [3.05, 3.63) is 53.6 Å². The van der Waals surface area contributed by atoms with Crippen molar-refractivity contribution in [2.45, 2.75) is 0 Å². The maximum atomic E-state index is 12.4. The second kappa shape index (κ2) is 8.75. The fourth-order valence-electron chi connectivity index (χ4n) is 2.39. The summed E-state index contributed by atoms with van der Waals surface area (Å²) in [7, 11) is 0.829. The molecule has 9 heteroatoms. The Hall–Kier alpha value is -3.07. The summed E-state index contributed by atoms with van der Waals surface area (Å²) in [4.78, 5) is 24.7. The Kier molecular flexibility index (Phi) is 6.63. The third-order valence-electron chi connectivity index (χ3n) is 4.02.